The van der Waals surface area contributed by atoms with Gasteiger partial charge in [0.2, 0.25) is 0 Å². The third-order valence-electron chi connectivity index (χ3n) is 23.4. The Morgan fingerprint density at radius 1 is 0.113 bits per heavy atom. The van der Waals surface area contributed by atoms with Crippen LogP contribution < -0.4 is 0 Å². The molecule has 1 heterocycles. The van der Waals surface area contributed by atoms with E-state index in [9.17, 15) is 0 Å². The molecule has 3 nitrogen and oxygen atoms in total. The fraction of sp³-hybridized carbons (Fsp3) is 0.00893. The number of hydrogen-bond acceptors (Lipinski definition) is 3. The lowest BCUT2D eigenvalue weighted by atomic mass is 9.70. The zero-order valence-corrected chi connectivity index (χ0v) is 63.0. The highest BCUT2D eigenvalue weighted by molar-refractivity contribution is 5.97. The van der Waals surface area contributed by atoms with Gasteiger partial charge in [-0.05, 0) is 239 Å². The topological polar surface area (TPSA) is 38.7 Å². The van der Waals surface area contributed by atoms with Gasteiger partial charge in [-0.2, -0.15) is 0 Å². The molecule has 0 aliphatic heterocycles. The Hall–Kier alpha value is -15.0. The van der Waals surface area contributed by atoms with E-state index >= 15 is 0 Å². The van der Waals surface area contributed by atoms with Crippen molar-refractivity contribution >= 4 is 0 Å². The van der Waals surface area contributed by atoms with Crippen molar-refractivity contribution in [3.8, 4) is 190 Å². The predicted molar refractivity (Wildman–Crippen MR) is 478 cm³/mol. The fourth-order valence-electron chi connectivity index (χ4n) is 17.6. The van der Waals surface area contributed by atoms with E-state index < -0.39 is 5.41 Å². The molecule has 115 heavy (non-hydrogen) atoms. The second kappa shape index (κ2) is 29.0. The monoisotopic (exact) mass is 1460 g/mol. The maximum Gasteiger partial charge on any atom is 0.164 e. The van der Waals surface area contributed by atoms with Crippen molar-refractivity contribution in [2.24, 2.45) is 0 Å². The summed E-state index contributed by atoms with van der Waals surface area (Å²) in [5.74, 6) is 1.78. The van der Waals surface area contributed by atoms with Gasteiger partial charge >= 0.3 is 0 Å². The van der Waals surface area contributed by atoms with E-state index in [1.807, 2.05) is 0 Å². The average molecular weight is 1460 g/mol. The lowest BCUT2D eigenvalue weighted by Gasteiger charge is -2.30. The lowest BCUT2D eigenvalue weighted by molar-refractivity contribution is 0.794. The Morgan fingerprint density at radius 2 is 0.278 bits per heavy atom. The molecule has 1 aromatic heterocycles. The van der Waals surface area contributed by atoms with Gasteiger partial charge in [0.05, 0.1) is 5.41 Å². The standard InChI is InChI=1S/C112H73N3/c1-3-22-74(23-4-1)82-26-13-31-87(64-82)89-33-15-28-84(66-89)76-50-56-79(57-51-76)109-113-110(80-58-52-77(53-59-80)85-29-16-34-90(67-85)93-37-18-36-92(69-93)88-32-14-27-83(65-88)75-24-5-2-6-25-75)115-111(114-109)81-60-54-78(55-61-81)86-30-17-35-91(68-86)94-38-19-39-95(70-94)96-40-20-41-97(71-96)98-42-21-43-99(72-98)100-62-63-104-103-46-9-12-49-107(103)112(108(104)73-100)105-47-10-7-44-101(105)102-45-8-11-48-106(102)112/h1-73H. The molecule has 21 rings (SSSR count). The molecule has 0 fully saturated rings. The van der Waals surface area contributed by atoms with Gasteiger partial charge in [-0.1, -0.05) is 382 Å². The molecule has 19 aromatic rings. The first-order valence-electron chi connectivity index (χ1n) is 39.5. The molecular formula is C112H73N3. The van der Waals surface area contributed by atoms with Crippen LogP contribution in [0, 0.1) is 0 Å². The van der Waals surface area contributed by atoms with Crippen molar-refractivity contribution in [3.63, 3.8) is 0 Å². The van der Waals surface area contributed by atoms with E-state index in [-0.39, 0.29) is 0 Å². The zero-order chi connectivity index (χ0) is 76.2. The fourth-order valence-corrected chi connectivity index (χ4v) is 17.6. The van der Waals surface area contributed by atoms with Crippen LogP contribution in [-0.4, -0.2) is 15.0 Å². The van der Waals surface area contributed by atoms with Gasteiger partial charge < -0.3 is 0 Å². The first-order chi connectivity index (χ1) is 56.9. The first-order valence-corrected chi connectivity index (χ1v) is 39.5. The van der Waals surface area contributed by atoms with Gasteiger partial charge in [0.1, 0.15) is 0 Å². The molecule has 0 bridgehead atoms. The highest BCUT2D eigenvalue weighted by Gasteiger charge is 2.51. The van der Waals surface area contributed by atoms with Crippen LogP contribution in [0.15, 0.2) is 443 Å². The average Bonchev–Trinajstić information content (AvgIpc) is 1.51. The van der Waals surface area contributed by atoms with Gasteiger partial charge in [-0.25, -0.2) is 15.0 Å². The molecule has 2 aliphatic carbocycles. The molecule has 0 amide bonds. The number of hydrogen-bond donors (Lipinski definition) is 0. The minimum Gasteiger partial charge on any atom is -0.208 e. The van der Waals surface area contributed by atoms with E-state index in [1.54, 1.807) is 0 Å². The second-order valence-electron chi connectivity index (χ2n) is 30.1. The number of fused-ring (bicyclic) bond motifs is 10. The highest BCUT2D eigenvalue weighted by atomic mass is 15.0. The minimum atomic E-state index is -0.398. The molecule has 0 saturated heterocycles. The van der Waals surface area contributed by atoms with E-state index in [0.717, 1.165) is 89.0 Å². The second-order valence-corrected chi connectivity index (χ2v) is 30.1. The largest absolute Gasteiger partial charge is 0.208 e. The van der Waals surface area contributed by atoms with Gasteiger partial charge in [0.25, 0.3) is 0 Å². The summed E-state index contributed by atoms with van der Waals surface area (Å²) >= 11 is 0. The van der Waals surface area contributed by atoms with Crippen LogP contribution in [0.3, 0.4) is 0 Å². The summed E-state index contributed by atoms with van der Waals surface area (Å²) in [5, 5.41) is 0. The molecule has 3 heteroatoms. The van der Waals surface area contributed by atoms with Crippen molar-refractivity contribution in [2.75, 3.05) is 0 Å². The molecule has 18 aromatic carbocycles. The number of aromatic nitrogens is 3. The highest BCUT2D eigenvalue weighted by Crippen LogP contribution is 2.63. The zero-order valence-electron chi connectivity index (χ0n) is 63.0. The SMILES string of the molecule is c1ccc(-c2cccc(-c3cccc(-c4ccc(-c5nc(-c6ccc(-c7cccc(-c8cccc(-c9cccc(-c%10ccccc%10)c9)c8)c7)cc6)nc(-c6ccc(-c7cccc(-c8cccc(-c9cccc(-c%10cccc(-c%11ccc%12c(c%11)C%11(c%13ccccc%13-c%13ccccc%13%11)c%11ccccc%11-%12)c%10)c9)c8)c7)cc6)n5)cc4)c3)c2)cc1. The van der Waals surface area contributed by atoms with Gasteiger partial charge in [0, 0.05) is 16.7 Å². The summed E-state index contributed by atoms with van der Waals surface area (Å²) in [4.78, 5) is 15.8. The van der Waals surface area contributed by atoms with Crippen LogP contribution in [0.4, 0.5) is 0 Å². The van der Waals surface area contributed by atoms with E-state index in [1.165, 1.54) is 106 Å². The molecular weight excluding hydrogens is 1390 g/mol. The van der Waals surface area contributed by atoms with Gasteiger partial charge in [0.15, 0.2) is 17.5 Å². The number of nitrogens with zero attached hydrogens (tertiary/aromatic N) is 3. The Balaban J connectivity index is 0.564. The quantitative estimate of drug-likeness (QED) is 0.103. The van der Waals surface area contributed by atoms with Crippen molar-refractivity contribution in [3.05, 3.63) is 465 Å². The normalized spacial score (nSPS) is 12.1. The maximum absolute atomic E-state index is 5.29. The van der Waals surface area contributed by atoms with E-state index in [4.69, 9.17) is 15.0 Å². The van der Waals surface area contributed by atoms with Crippen LogP contribution in [-0.2, 0) is 5.41 Å². The van der Waals surface area contributed by atoms with Crippen LogP contribution in [0.5, 0.6) is 0 Å². The number of rotatable bonds is 15. The van der Waals surface area contributed by atoms with E-state index in [0.29, 0.717) is 17.5 Å². The third-order valence-corrected chi connectivity index (χ3v) is 23.4. The van der Waals surface area contributed by atoms with Crippen molar-refractivity contribution in [1.82, 2.24) is 15.0 Å². The Morgan fingerprint density at radius 3 is 0.522 bits per heavy atom. The molecule has 536 valence electrons. The number of benzene rings is 18. The van der Waals surface area contributed by atoms with Crippen molar-refractivity contribution in [1.29, 1.82) is 0 Å². The summed E-state index contributed by atoms with van der Waals surface area (Å²) in [6.07, 6.45) is 0. The Bertz CT molecular complexity index is 6870. The van der Waals surface area contributed by atoms with Gasteiger partial charge in [-0.3, -0.25) is 0 Å². The maximum atomic E-state index is 5.29. The molecule has 0 N–H and O–H groups in total. The lowest BCUT2D eigenvalue weighted by Crippen LogP contribution is -2.25. The first kappa shape index (κ1) is 68.0. The minimum absolute atomic E-state index is 0.398. The Labute approximate surface area is 670 Å². The summed E-state index contributed by atoms with van der Waals surface area (Å²) in [6.45, 7) is 0. The summed E-state index contributed by atoms with van der Waals surface area (Å²) < 4.78 is 0. The molecule has 2 aliphatic rings. The Kier molecular flexibility index (Phi) is 17.2. The molecule has 0 atom stereocenters. The smallest absolute Gasteiger partial charge is 0.164 e. The predicted octanol–water partition coefficient (Wildman–Crippen LogP) is 29.2. The van der Waals surface area contributed by atoms with E-state index in [2.05, 4.69) is 443 Å². The molecule has 0 unspecified atom stereocenters. The summed E-state index contributed by atoms with van der Waals surface area (Å²) in [5.41, 5.74) is 40.7. The molecule has 0 radical (unpaired) electrons. The van der Waals surface area contributed by atoms with Crippen LogP contribution in [0.2, 0.25) is 0 Å². The van der Waals surface area contributed by atoms with Crippen LogP contribution >= 0.6 is 0 Å². The molecule has 1 spiro atoms. The van der Waals surface area contributed by atoms with Gasteiger partial charge in [-0.15, -0.1) is 0 Å². The van der Waals surface area contributed by atoms with Crippen LogP contribution in [0.25, 0.3) is 190 Å². The van der Waals surface area contributed by atoms with Crippen molar-refractivity contribution in [2.45, 2.75) is 5.41 Å². The third kappa shape index (κ3) is 12.7. The van der Waals surface area contributed by atoms with Crippen molar-refractivity contribution < 1.29 is 0 Å². The molecule has 0 saturated carbocycles. The van der Waals surface area contributed by atoms with Crippen LogP contribution in [0.1, 0.15) is 22.3 Å². The summed E-state index contributed by atoms with van der Waals surface area (Å²) in [7, 11) is 0. The summed E-state index contributed by atoms with van der Waals surface area (Å²) in [6, 6.07) is 161.